The SMILES string of the molecule is CN=C(NCCc1ccc(S(C)(=O)=O)cc1)NC1CCCN(c2cccc(F)c2)C1. The Labute approximate surface area is 178 Å². The molecular formula is C22H29FN4O2S. The quantitative estimate of drug-likeness (QED) is 0.542. The molecule has 8 heteroatoms. The standard InChI is InChI=1S/C22H29FN4O2S/c1-24-22(25-13-12-17-8-10-21(11-9-17)30(2,28)29)26-19-6-4-14-27(16-19)20-7-3-5-18(23)15-20/h3,5,7-11,15,19H,4,6,12-14,16H2,1-2H3,(H2,24,25,26). The van der Waals surface area contributed by atoms with Gasteiger partial charge >= 0.3 is 0 Å². The molecule has 2 aromatic rings. The van der Waals surface area contributed by atoms with E-state index in [4.69, 9.17) is 0 Å². The van der Waals surface area contributed by atoms with Crippen molar-refractivity contribution >= 4 is 21.5 Å². The third kappa shape index (κ3) is 6.19. The van der Waals surface area contributed by atoms with Gasteiger partial charge in [0.25, 0.3) is 0 Å². The normalized spacial score (nSPS) is 17.6. The zero-order valence-electron chi connectivity index (χ0n) is 17.4. The van der Waals surface area contributed by atoms with Crippen molar-refractivity contribution < 1.29 is 12.8 Å². The minimum atomic E-state index is -3.17. The van der Waals surface area contributed by atoms with Gasteiger partial charge in [0.15, 0.2) is 15.8 Å². The van der Waals surface area contributed by atoms with Crippen LogP contribution in [0.2, 0.25) is 0 Å². The second kappa shape index (κ2) is 9.93. The zero-order chi connectivity index (χ0) is 21.6. The van der Waals surface area contributed by atoms with Crippen molar-refractivity contribution in [3.8, 4) is 0 Å². The lowest BCUT2D eigenvalue weighted by atomic mass is 10.0. The van der Waals surface area contributed by atoms with Crippen molar-refractivity contribution in [1.29, 1.82) is 0 Å². The van der Waals surface area contributed by atoms with E-state index < -0.39 is 9.84 Å². The van der Waals surface area contributed by atoms with Gasteiger partial charge in [-0.15, -0.1) is 0 Å². The Morgan fingerprint density at radius 1 is 1.23 bits per heavy atom. The van der Waals surface area contributed by atoms with Crippen LogP contribution in [0.4, 0.5) is 10.1 Å². The first-order chi connectivity index (χ1) is 14.3. The molecule has 1 heterocycles. The summed E-state index contributed by atoms with van der Waals surface area (Å²) in [6.45, 7) is 2.38. The summed E-state index contributed by atoms with van der Waals surface area (Å²) >= 11 is 0. The Bertz CT molecular complexity index is 977. The van der Waals surface area contributed by atoms with Gasteiger partial charge in [0, 0.05) is 44.7 Å². The summed E-state index contributed by atoms with van der Waals surface area (Å²) in [5, 5.41) is 6.78. The number of nitrogens with zero attached hydrogens (tertiary/aromatic N) is 2. The number of aliphatic imine (C=N–C) groups is 1. The van der Waals surface area contributed by atoms with Gasteiger partial charge in [-0.25, -0.2) is 12.8 Å². The molecule has 0 aromatic heterocycles. The number of nitrogens with one attached hydrogen (secondary N) is 2. The lowest BCUT2D eigenvalue weighted by Gasteiger charge is -2.35. The van der Waals surface area contributed by atoms with Crippen molar-refractivity contribution in [3.05, 3.63) is 59.9 Å². The molecule has 1 fully saturated rings. The molecule has 30 heavy (non-hydrogen) atoms. The van der Waals surface area contributed by atoms with Crippen LogP contribution in [0.3, 0.4) is 0 Å². The van der Waals surface area contributed by atoms with Gasteiger partial charge in [-0.1, -0.05) is 18.2 Å². The predicted octanol–water partition coefficient (Wildman–Crippen LogP) is 2.61. The van der Waals surface area contributed by atoms with Crippen LogP contribution in [-0.2, 0) is 16.3 Å². The van der Waals surface area contributed by atoms with E-state index in [9.17, 15) is 12.8 Å². The predicted molar refractivity (Wildman–Crippen MR) is 119 cm³/mol. The summed E-state index contributed by atoms with van der Waals surface area (Å²) in [5.74, 6) is 0.512. The van der Waals surface area contributed by atoms with Crippen LogP contribution < -0.4 is 15.5 Å². The highest BCUT2D eigenvalue weighted by molar-refractivity contribution is 7.90. The van der Waals surface area contributed by atoms with Crippen LogP contribution in [0, 0.1) is 5.82 Å². The minimum Gasteiger partial charge on any atom is -0.369 e. The fourth-order valence-electron chi connectivity index (χ4n) is 3.62. The van der Waals surface area contributed by atoms with Gasteiger partial charge in [0.05, 0.1) is 4.90 Å². The summed E-state index contributed by atoms with van der Waals surface area (Å²) in [6.07, 6.45) is 4.02. The Kier molecular flexibility index (Phi) is 7.31. The lowest BCUT2D eigenvalue weighted by molar-refractivity contribution is 0.467. The molecule has 1 aliphatic heterocycles. The Balaban J connectivity index is 1.49. The molecule has 0 aliphatic carbocycles. The van der Waals surface area contributed by atoms with E-state index >= 15 is 0 Å². The number of hydrogen-bond donors (Lipinski definition) is 2. The first kappa shape index (κ1) is 22.1. The second-order valence-corrected chi connectivity index (χ2v) is 9.59. The molecule has 2 aromatic carbocycles. The largest absolute Gasteiger partial charge is 0.369 e. The number of benzene rings is 2. The number of anilines is 1. The van der Waals surface area contributed by atoms with Crippen LogP contribution >= 0.6 is 0 Å². The molecule has 0 bridgehead atoms. The third-order valence-corrected chi connectivity index (χ3v) is 6.35. The molecule has 0 amide bonds. The highest BCUT2D eigenvalue weighted by atomic mass is 32.2. The zero-order valence-corrected chi connectivity index (χ0v) is 18.3. The molecule has 1 atom stereocenters. The molecule has 2 N–H and O–H groups in total. The lowest BCUT2D eigenvalue weighted by Crippen LogP contribution is -2.51. The molecule has 0 radical (unpaired) electrons. The highest BCUT2D eigenvalue weighted by Gasteiger charge is 2.21. The first-order valence-electron chi connectivity index (χ1n) is 10.1. The molecule has 6 nitrogen and oxygen atoms in total. The Morgan fingerprint density at radius 2 is 2.00 bits per heavy atom. The van der Waals surface area contributed by atoms with E-state index in [-0.39, 0.29) is 11.9 Å². The van der Waals surface area contributed by atoms with E-state index in [2.05, 4.69) is 20.5 Å². The number of halogens is 1. The fraction of sp³-hybridized carbons (Fsp3) is 0.409. The van der Waals surface area contributed by atoms with E-state index in [1.165, 1.54) is 12.3 Å². The maximum Gasteiger partial charge on any atom is 0.191 e. The molecule has 1 aliphatic rings. The van der Waals surface area contributed by atoms with E-state index in [1.807, 2.05) is 18.2 Å². The molecule has 0 saturated carbocycles. The second-order valence-electron chi connectivity index (χ2n) is 7.57. The van der Waals surface area contributed by atoms with Crippen LogP contribution in [-0.4, -0.2) is 53.4 Å². The van der Waals surface area contributed by atoms with E-state index in [1.54, 1.807) is 31.3 Å². The van der Waals surface area contributed by atoms with Crippen LogP contribution in [0.5, 0.6) is 0 Å². The number of hydrogen-bond acceptors (Lipinski definition) is 4. The molecule has 162 valence electrons. The maximum atomic E-state index is 13.5. The Morgan fingerprint density at radius 3 is 2.67 bits per heavy atom. The van der Waals surface area contributed by atoms with E-state index in [0.717, 1.165) is 49.6 Å². The molecular weight excluding hydrogens is 403 g/mol. The molecule has 0 spiro atoms. The molecule has 1 saturated heterocycles. The fourth-order valence-corrected chi connectivity index (χ4v) is 4.25. The van der Waals surface area contributed by atoms with Crippen molar-refractivity contribution in [3.63, 3.8) is 0 Å². The molecule has 1 unspecified atom stereocenters. The Hall–Kier alpha value is -2.61. The van der Waals surface area contributed by atoms with Gasteiger partial charge in [-0.2, -0.15) is 0 Å². The minimum absolute atomic E-state index is 0.218. The monoisotopic (exact) mass is 432 g/mol. The number of sulfone groups is 1. The van der Waals surface area contributed by atoms with Gasteiger partial charge in [-0.3, -0.25) is 4.99 Å². The summed E-state index contributed by atoms with van der Waals surface area (Å²) in [6, 6.07) is 13.9. The van der Waals surface area contributed by atoms with Crippen molar-refractivity contribution in [1.82, 2.24) is 10.6 Å². The maximum absolute atomic E-state index is 13.5. The topological polar surface area (TPSA) is 73.8 Å². The average molecular weight is 433 g/mol. The highest BCUT2D eigenvalue weighted by Crippen LogP contribution is 2.20. The smallest absolute Gasteiger partial charge is 0.191 e. The van der Waals surface area contributed by atoms with Gasteiger partial charge in [0.1, 0.15) is 5.82 Å². The third-order valence-electron chi connectivity index (χ3n) is 5.22. The number of rotatable bonds is 6. The summed E-state index contributed by atoms with van der Waals surface area (Å²) in [4.78, 5) is 6.83. The van der Waals surface area contributed by atoms with Crippen LogP contribution in [0.1, 0.15) is 18.4 Å². The summed E-state index contributed by atoms with van der Waals surface area (Å²) in [5.41, 5.74) is 1.96. The summed E-state index contributed by atoms with van der Waals surface area (Å²) < 4.78 is 36.6. The van der Waals surface area contributed by atoms with E-state index in [0.29, 0.717) is 11.4 Å². The van der Waals surface area contributed by atoms with Gasteiger partial charge in [-0.05, 0) is 55.2 Å². The molecule has 3 rings (SSSR count). The van der Waals surface area contributed by atoms with Gasteiger partial charge < -0.3 is 15.5 Å². The summed E-state index contributed by atoms with van der Waals surface area (Å²) in [7, 11) is -1.43. The number of piperidine rings is 1. The average Bonchev–Trinajstić information content (AvgIpc) is 2.73. The van der Waals surface area contributed by atoms with Crippen molar-refractivity contribution in [2.24, 2.45) is 4.99 Å². The first-order valence-corrected chi connectivity index (χ1v) is 12.0. The van der Waals surface area contributed by atoms with Crippen molar-refractivity contribution in [2.45, 2.75) is 30.2 Å². The van der Waals surface area contributed by atoms with Gasteiger partial charge in [0.2, 0.25) is 0 Å². The van der Waals surface area contributed by atoms with Crippen LogP contribution in [0.15, 0.2) is 58.4 Å². The van der Waals surface area contributed by atoms with Crippen molar-refractivity contribution in [2.75, 3.05) is 37.8 Å². The van der Waals surface area contributed by atoms with Crippen LogP contribution in [0.25, 0.3) is 0 Å². The number of guanidine groups is 1.